The molecule has 0 saturated carbocycles. The number of hydrogen-bond donors (Lipinski definition) is 1. The summed E-state index contributed by atoms with van der Waals surface area (Å²) >= 11 is 1.82. The molecule has 0 amide bonds. The Morgan fingerprint density at radius 3 is 2.50 bits per heavy atom. The molecule has 0 radical (unpaired) electrons. The van der Waals surface area contributed by atoms with Crippen LogP contribution in [-0.4, -0.2) is 5.75 Å². The molecule has 0 saturated heterocycles. The molecule has 0 aliphatic heterocycles. The highest BCUT2D eigenvalue weighted by Crippen LogP contribution is 2.26. The minimum atomic E-state index is -0.194. The van der Waals surface area contributed by atoms with Crippen molar-refractivity contribution in [1.82, 2.24) is 0 Å². The van der Waals surface area contributed by atoms with Gasteiger partial charge in [-0.05, 0) is 35.6 Å². The van der Waals surface area contributed by atoms with E-state index >= 15 is 0 Å². The third-order valence-electron chi connectivity index (χ3n) is 2.58. The maximum Gasteiger partial charge on any atom is 0.123 e. The molecule has 0 bridgehead atoms. The molecule has 0 spiro atoms. The average Bonchev–Trinajstić information content (AvgIpc) is 2.40. The minimum absolute atomic E-state index is 0.194. The average molecular weight is 261 g/mol. The van der Waals surface area contributed by atoms with Gasteiger partial charge in [0.05, 0.1) is 0 Å². The van der Waals surface area contributed by atoms with Gasteiger partial charge in [-0.25, -0.2) is 4.39 Å². The van der Waals surface area contributed by atoms with E-state index < -0.39 is 0 Å². The maximum atomic E-state index is 12.8. The molecule has 1 nitrogen and oxygen atoms in total. The maximum absolute atomic E-state index is 12.8. The van der Waals surface area contributed by atoms with Gasteiger partial charge in [0.15, 0.2) is 0 Å². The number of anilines is 1. The minimum Gasteiger partial charge on any atom is -0.380 e. The SMILES string of the molecule is CCSc1ccccc1NCc1ccc(F)cc1. The Morgan fingerprint density at radius 1 is 1.06 bits per heavy atom. The Hall–Kier alpha value is -1.48. The molecule has 0 unspecified atom stereocenters. The van der Waals surface area contributed by atoms with Crippen LogP contribution in [0.5, 0.6) is 0 Å². The van der Waals surface area contributed by atoms with E-state index in [-0.39, 0.29) is 5.82 Å². The molecule has 94 valence electrons. The van der Waals surface area contributed by atoms with E-state index in [0.717, 1.165) is 17.0 Å². The Labute approximate surface area is 111 Å². The zero-order chi connectivity index (χ0) is 12.8. The predicted octanol–water partition coefficient (Wildman–Crippen LogP) is 4.55. The molecular formula is C15H16FNS. The van der Waals surface area contributed by atoms with Crippen LogP contribution >= 0.6 is 11.8 Å². The number of benzene rings is 2. The first-order valence-corrected chi connectivity index (χ1v) is 6.98. The van der Waals surface area contributed by atoms with E-state index in [2.05, 4.69) is 24.4 Å². The molecule has 0 aliphatic carbocycles. The Morgan fingerprint density at radius 2 is 1.78 bits per heavy atom. The summed E-state index contributed by atoms with van der Waals surface area (Å²) in [7, 11) is 0. The number of nitrogens with one attached hydrogen (secondary N) is 1. The van der Waals surface area contributed by atoms with E-state index in [4.69, 9.17) is 0 Å². The van der Waals surface area contributed by atoms with Gasteiger partial charge in [-0.3, -0.25) is 0 Å². The number of halogens is 1. The Kier molecular flexibility index (Phi) is 4.65. The lowest BCUT2D eigenvalue weighted by Crippen LogP contribution is -2.00. The van der Waals surface area contributed by atoms with Crippen molar-refractivity contribution >= 4 is 17.4 Å². The van der Waals surface area contributed by atoms with Crippen molar-refractivity contribution in [2.45, 2.75) is 18.4 Å². The number of para-hydroxylation sites is 1. The lowest BCUT2D eigenvalue weighted by atomic mass is 10.2. The predicted molar refractivity (Wildman–Crippen MR) is 76.6 cm³/mol. The van der Waals surface area contributed by atoms with Crippen LogP contribution in [0.1, 0.15) is 12.5 Å². The quantitative estimate of drug-likeness (QED) is 0.792. The molecule has 2 aromatic carbocycles. The normalized spacial score (nSPS) is 10.3. The van der Waals surface area contributed by atoms with Crippen molar-refractivity contribution in [1.29, 1.82) is 0 Å². The standard InChI is InChI=1S/C15H16FNS/c1-2-18-15-6-4-3-5-14(15)17-11-12-7-9-13(16)10-8-12/h3-10,17H,2,11H2,1H3. The summed E-state index contributed by atoms with van der Waals surface area (Å²) < 4.78 is 12.8. The molecule has 0 heterocycles. The monoisotopic (exact) mass is 261 g/mol. The summed E-state index contributed by atoms with van der Waals surface area (Å²) in [5, 5.41) is 3.39. The Bertz CT molecular complexity index is 496. The van der Waals surface area contributed by atoms with Crippen molar-refractivity contribution < 1.29 is 4.39 Å². The highest BCUT2D eigenvalue weighted by Gasteiger charge is 2.01. The molecule has 1 N–H and O–H groups in total. The molecular weight excluding hydrogens is 245 g/mol. The molecule has 3 heteroatoms. The van der Waals surface area contributed by atoms with Crippen LogP contribution in [-0.2, 0) is 6.54 Å². The van der Waals surface area contributed by atoms with Crippen LogP contribution < -0.4 is 5.32 Å². The van der Waals surface area contributed by atoms with Crippen LogP contribution in [0, 0.1) is 5.82 Å². The number of thioether (sulfide) groups is 1. The highest BCUT2D eigenvalue weighted by molar-refractivity contribution is 7.99. The van der Waals surface area contributed by atoms with Gasteiger partial charge in [0.2, 0.25) is 0 Å². The third-order valence-corrected chi connectivity index (χ3v) is 3.54. The van der Waals surface area contributed by atoms with Crippen molar-refractivity contribution in [3.63, 3.8) is 0 Å². The lowest BCUT2D eigenvalue weighted by molar-refractivity contribution is 0.627. The van der Waals surface area contributed by atoms with Gasteiger partial charge >= 0.3 is 0 Å². The Balaban J connectivity index is 2.03. The van der Waals surface area contributed by atoms with Crippen LogP contribution in [0.25, 0.3) is 0 Å². The lowest BCUT2D eigenvalue weighted by Gasteiger charge is -2.11. The second-order valence-electron chi connectivity index (χ2n) is 3.91. The summed E-state index contributed by atoms with van der Waals surface area (Å²) in [6, 6.07) is 14.8. The van der Waals surface area contributed by atoms with Crippen LogP contribution in [0.4, 0.5) is 10.1 Å². The van der Waals surface area contributed by atoms with Crippen LogP contribution in [0.15, 0.2) is 53.4 Å². The highest BCUT2D eigenvalue weighted by atomic mass is 32.2. The van der Waals surface area contributed by atoms with Gasteiger partial charge in [-0.1, -0.05) is 31.2 Å². The summed E-state index contributed by atoms with van der Waals surface area (Å²) in [4.78, 5) is 1.25. The molecule has 0 atom stereocenters. The fourth-order valence-electron chi connectivity index (χ4n) is 1.69. The van der Waals surface area contributed by atoms with E-state index in [1.54, 1.807) is 12.1 Å². The van der Waals surface area contributed by atoms with E-state index in [1.165, 1.54) is 17.0 Å². The van der Waals surface area contributed by atoms with Crippen LogP contribution in [0.2, 0.25) is 0 Å². The molecule has 2 rings (SSSR count). The van der Waals surface area contributed by atoms with Crippen LogP contribution in [0.3, 0.4) is 0 Å². The largest absolute Gasteiger partial charge is 0.380 e. The summed E-state index contributed by atoms with van der Waals surface area (Å²) in [6.45, 7) is 2.85. The second kappa shape index (κ2) is 6.45. The van der Waals surface area contributed by atoms with Gasteiger partial charge in [-0.15, -0.1) is 11.8 Å². The number of hydrogen-bond acceptors (Lipinski definition) is 2. The van der Waals surface area contributed by atoms with Crippen molar-refractivity contribution in [2.24, 2.45) is 0 Å². The molecule has 18 heavy (non-hydrogen) atoms. The van der Waals surface area contributed by atoms with Gasteiger partial charge < -0.3 is 5.32 Å². The first-order chi connectivity index (χ1) is 8.79. The summed E-state index contributed by atoms with van der Waals surface area (Å²) in [5.74, 6) is 0.857. The third kappa shape index (κ3) is 3.50. The first kappa shape index (κ1) is 13.0. The molecule has 0 aliphatic rings. The van der Waals surface area contributed by atoms with Gasteiger partial charge in [0, 0.05) is 17.1 Å². The zero-order valence-corrected chi connectivity index (χ0v) is 11.1. The number of rotatable bonds is 5. The smallest absolute Gasteiger partial charge is 0.123 e. The van der Waals surface area contributed by atoms with Gasteiger partial charge in [0.1, 0.15) is 5.82 Å². The topological polar surface area (TPSA) is 12.0 Å². The van der Waals surface area contributed by atoms with E-state index in [1.807, 2.05) is 23.9 Å². The summed E-state index contributed by atoms with van der Waals surface area (Å²) in [6.07, 6.45) is 0. The summed E-state index contributed by atoms with van der Waals surface area (Å²) in [5.41, 5.74) is 2.21. The van der Waals surface area contributed by atoms with E-state index in [0.29, 0.717) is 6.54 Å². The fourth-order valence-corrected chi connectivity index (χ4v) is 2.48. The van der Waals surface area contributed by atoms with Gasteiger partial charge in [0.25, 0.3) is 0 Å². The van der Waals surface area contributed by atoms with Crippen molar-refractivity contribution in [3.05, 3.63) is 59.9 Å². The second-order valence-corrected chi connectivity index (χ2v) is 5.22. The first-order valence-electron chi connectivity index (χ1n) is 5.99. The zero-order valence-electron chi connectivity index (χ0n) is 10.3. The van der Waals surface area contributed by atoms with Crippen molar-refractivity contribution in [2.75, 3.05) is 11.1 Å². The molecule has 0 fully saturated rings. The van der Waals surface area contributed by atoms with Gasteiger partial charge in [-0.2, -0.15) is 0 Å². The van der Waals surface area contributed by atoms with E-state index in [9.17, 15) is 4.39 Å². The molecule has 2 aromatic rings. The molecule has 0 aromatic heterocycles. The fraction of sp³-hybridized carbons (Fsp3) is 0.200. The van der Waals surface area contributed by atoms with Crippen molar-refractivity contribution in [3.8, 4) is 0 Å².